The Balaban J connectivity index is 2.01. The Kier molecular flexibility index (Phi) is 5.66. The second-order valence-corrected chi connectivity index (χ2v) is 12.2. The molecule has 2 heterocycles. The number of fused-ring (bicyclic) bond motifs is 1. The molecule has 0 saturated carbocycles. The molecule has 4 rings (SSSR count). The fourth-order valence-corrected chi connectivity index (χ4v) is 5.64. The number of aromatic nitrogens is 2. The van der Waals surface area contributed by atoms with Gasteiger partial charge in [-0.3, -0.25) is 4.98 Å². The van der Waals surface area contributed by atoms with Crippen LogP contribution in [0.5, 0.6) is 0 Å². The molecule has 0 amide bonds. The Bertz CT molecular complexity index is 1600. The number of pyridine rings is 1. The molecule has 0 spiro atoms. The highest BCUT2D eigenvalue weighted by molar-refractivity contribution is 7.91. The Morgan fingerprint density at radius 3 is 2.18 bits per heavy atom. The molecule has 172 valence electrons. The van der Waals surface area contributed by atoms with Crippen LogP contribution >= 0.6 is 0 Å². The summed E-state index contributed by atoms with van der Waals surface area (Å²) in [5.74, 6) is -0.357. The van der Waals surface area contributed by atoms with Crippen molar-refractivity contribution in [1.82, 2.24) is 9.55 Å². The van der Waals surface area contributed by atoms with E-state index in [1.54, 1.807) is 18.3 Å². The number of sulfone groups is 2. The summed E-state index contributed by atoms with van der Waals surface area (Å²) in [7, 11) is -7.14. The molecule has 0 aliphatic carbocycles. The average molecular weight is 487 g/mol. The molecule has 0 radical (unpaired) electrons. The minimum Gasteiger partial charge on any atom is -0.338 e. The zero-order valence-corrected chi connectivity index (χ0v) is 20.3. The predicted octanol–water partition coefficient (Wildman–Crippen LogP) is 4.31. The second-order valence-electron chi connectivity index (χ2n) is 8.17. The lowest BCUT2D eigenvalue weighted by atomic mass is 10.1. The summed E-state index contributed by atoms with van der Waals surface area (Å²) >= 11 is 0. The minimum absolute atomic E-state index is 0.0487. The molecule has 0 atom stereocenters. The van der Waals surface area contributed by atoms with E-state index in [0.717, 1.165) is 34.7 Å². The van der Waals surface area contributed by atoms with Crippen LogP contribution in [0.15, 0.2) is 64.5 Å². The van der Waals surface area contributed by atoms with Crippen molar-refractivity contribution >= 4 is 30.6 Å². The normalized spacial score (nSPS) is 12.4. The van der Waals surface area contributed by atoms with Crippen molar-refractivity contribution in [3.63, 3.8) is 0 Å². The van der Waals surface area contributed by atoms with Crippen molar-refractivity contribution in [2.75, 3.05) is 12.5 Å². The van der Waals surface area contributed by atoms with Gasteiger partial charge in [-0.15, -0.1) is 0 Å². The Labute approximate surface area is 192 Å². The second kappa shape index (κ2) is 8.07. The maximum absolute atomic E-state index is 13.5. The van der Waals surface area contributed by atoms with Gasteiger partial charge in [-0.25, -0.2) is 21.2 Å². The molecule has 0 aliphatic heterocycles. The Hall–Kier alpha value is -3.04. The zero-order valence-electron chi connectivity index (χ0n) is 18.6. The quantitative estimate of drug-likeness (QED) is 0.420. The number of halogens is 1. The van der Waals surface area contributed by atoms with Crippen LogP contribution in [0.25, 0.3) is 22.2 Å². The fraction of sp³-hybridized carbons (Fsp3) is 0.208. The van der Waals surface area contributed by atoms with E-state index >= 15 is 0 Å². The zero-order chi connectivity index (χ0) is 24.1. The van der Waals surface area contributed by atoms with Crippen LogP contribution < -0.4 is 0 Å². The number of nitrogens with zero attached hydrogens (tertiary/aromatic N) is 2. The molecule has 9 heteroatoms. The van der Waals surface area contributed by atoms with Gasteiger partial charge in [0.25, 0.3) is 0 Å². The monoisotopic (exact) mass is 486 g/mol. The highest BCUT2D eigenvalue weighted by atomic mass is 32.2. The van der Waals surface area contributed by atoms with Gasteiger partial charge in [0.15, 0.2) is 19.7 Å². The van der Waals surface area contributed by atoms with E-state index in [1.165, 1.54) is 30.3 Å². The van der Waals surface area contributed by atoms with Gasteiger partial charge in [0.1, 0.15) is 5.82 Å². The van der Waals surface area contributed by atoms with Gasteiger partial charge in [0, 0.05) is 41.9 Å². The first-order valence-corrected chi connectivity index (χ1v) is 13.9. The van der Waals surface area contributed by atoms with Crippen LogP contribution in [-0.4, -0.2) is 38.9 Å². The minimum atomic E-state index is -3.61. The summed E-state index contributed by atoms with van der Waals surface area (Å²) < 4.78 is 64.7. The Morgan fingerprint density at radius 2 is 1.58 bits per heavy atom. The van der Waals surface area contributed by atoms with Crippen molar-refractivity contribution in [3.8, 4) is 11.3 Å². The number of benzene rings is 2. The van der Waals surface area contributed by atoms with Crippen molar-refractivity contribution in [1.29, 1.82) is 0 Å². The highest BCUT2D eigenvalue weighted by Crippen LogP contribution is 2.34. The molecule has 0 unspecified atom stereocenters. The standard InChI is InChI=1S/C24H23FN2O4S2/c1-15-16(2)27(14-18-13-20(32(3,28)29)9-10-22(18)33(4,30)31)24-21(15)11-12-26-23(24)17-5-7-19(25)8-6-17/h5-13H,14H2,1-4H3. The first kappa shape index (κ1) is 23.1. The molecule has 0 aliphatic rings. The van der Waals surface area contributed by atoms with E-state index in [-0.39, 0.29) is 22.2 Å². The first-order chi connectivity index (χ1) is 15.4. The molecule has 2 aromatic carbocycles. The van der Waals surface area contributed by atoms with Gasteiger partial charge in [-0.05, 0) is 73.5 Å². The van der Waals surface area contributed by atoms with E-state index in [2.05, 4.69) is 4.98 Å². The number of hydrogen-bond acceptors (Lipinski definition) is 5. The molecule has 0 bridgehead atoms. The van der Waals surface area contributed by atoms with E-state index in [9.17, 15) is 21.2 Å². The van der Waals surface area contributed by atoms with Gasteiger partial charge in [-0.2, -0.15) is 0 Å². The van der Waals surface area contributed by atoms with Gasteiger partial charge >= 0.3 is 0 Å². The highest BCUT2D eigenvalue weighted by Gasteiger charge is 2.21. The van der Waals surface area contributed by atoms with Crippen LogP contribution in [0, 0.1) is 19.7 Å². The van der Waals surface area contributed by atoms with Crippen LogP contribution in [-0.2, 0) is 26.2 Å². The maximum Gasteiger partial charge on any atom is 0.175 e. The third-order valence-corrected chi connectivity index (χ3v) is 8.16. The lowest BCUT2D eigenvalue weighted by Crippen LogP contribution is -2.10. The van der Waals surface area contributed by atoms with Gasteiger partial charge in [-0.1, -0.05) is 0 Å². The van der Waals surface area contributed by atoms with Crippen LogP contribution in [0.4, 0.5) is 4.39 Å². The number of rotatable bonds is 5. The van der Waals surface area contributed by atoms with E-state index in [4.69, 9.17) is 0 Å². The lowest BCUT2D eigenvalue weighted by Gasteiger charge is -2.15. The number of hydrogen-bond donors (Lipinski definition) is 0. The largest absolute Gasteiger partial charge is 0.338 e. The summed E-state index contributed by atoms with van der Waals surface area (Å²) in [6.07, 6.45) is 3.87. The van der Waals surface area contributed by atoms with Gasteiger partial charge in [0.2, 0.25) is 0 Å². The smallest absolute Gasteiger partial charge is 0.175 e. The van der Waals surface area contributed by atoms with E-state index in [1.807, 2.05) is 24.5 Å². The molecule has 6 nitrogen and oxygen atoms in total. The van der Waals surface area contributed by atoms with Gasteiger partial charge < -0.3 is 4.57 Å². The van der Waals surface area contributed by atoms with Crippen molar-refractivity contribution < 1.29 is 21.2 Å². The van der Waals surface area contributed by atoms with E-state index < -0.39 is 19.7 Å². The summed E-state index contributed by atoms with van der Waals surface area (Å²) in [5, 5.41) is 0.932. The summed E-state index contributed by atoms with van der Waals surface area (Å²) in [6.45, 7) is 4.01. The SMILES string of the molecule is Cc1c(C)n(Cc2cc(S(C)(=O)=O)ccc2S(C)(=O)=O)c2c(-c3ccc(F)cc3)nccc12. The molecular formula is C24H23FN2O4S2. The van der Waals surface area contributed by atoms with Crippen molar-refractivity contribution in [2.45, 2.75) is 30.2 Å². The van der Waals surface area contributed by atoms with Gasteiger partial charge in [0.05, 0.1) is 21.0 Å². The molecule has 4 aromatic rings. The summed E-state index contributed by atoms with van der Waals surface area (Å²) in [5.41, 5.74) is 4.37. The summed E-state index contributed by atoms with van der Waals surface area (Å²) in [4.78, 5) is 4.65. The molecule has 2 aromatic heterocycles. The molecule has 0 fully saturated rings. The fourth-order valence-electron chi connectivity index (χ4n) is 4.05. The molecule has 33 heavy (non-hydrogen) atoms. The average Bonchev–Trinajstić information content (AvgIpc) is 2.98. The topological polar surface area (TPSA) is 86.1 Å². The molecular weight excluding hydrogens is 463 g/mol. The predicted molar refractivity (Wildman–Crippen MR) is 126 cm³/mol. The van der Waals surface area contributed by atoms with Crippen LogP contribution in [0.1, 0.15) is 16.8 Å². The van der Waals surface area contributed by atoms with Crippen molar-refractivity contribution in [2.24, 2.45) is 0 Å². The van der Waals surface area contributed by atoms with Crippen molar-refractivity contribution in [3.05, 3.63) is 77.4 Å². The molecule has 0 N–H and O–H groups in total. The van der Waals surface area contributed by atoms with Crippen LogP contribution in [0.3, 0.4) is 0 Å². The van der Waals surface area contributed by atoms with Crippen LogP contribution in [0.2, 0.25) is 0 Å². The maximum atomic E-state index is 13.5. The number of aryl methyl sites for hydroxylation is 1. The molecule has 0 saturated heterocycles. The Morgan fingerprint density at radius 1 is 0.909 bits per heavy atom. The third-order valence-electron chi connectivity index (χ3n) is 5.85. The summed E-state index contributed by atoms with van der Waals surface area (Å²) in [6, 6.07) is 12.0. The lowest BCUT2D eigenvalue weighted by molar-refractivity contribution is 0.596. The third kappa shape index (κ3) is 4.30. The first-order valence-electron chi connectivity index (χ1n) is 10.1. The van der Waals surface area contributed by atoms with E-state index in [0.29, 0.717) is 16.8 Å².